The smallest absolute Gasteiger partial charge is 0.293 e. The maximum Gasteiger partial charge on any atom is 0.293 e. The van der Waals surface area contributed by atoms with Crippen LogP contribution in [0.15, 0.2) is 65.6 Å². The number of benzene rings is 3. The lowest BCUT2D eigenvalue weighted by Gasteiger charge is -2.14. The molecule has 4 rings (SSSR count). The Balaban J connectivity index is 1.51. The van der Waals surface area contributed by atoms with Crippen molar-refractivity contribution in [2.75, 3.05) is 7.11 Å². The fourth-order valence-electron chi connectivity index (χ4n) is 3.31. The van der Waals surface area contributed by atoms with Gasteiger partial charge in [0, 0.05) is 15.6 Å². The van der Waals surface area contributed by atoms with Crippen LogP contribution in [-0.4, -0.2) is 23.2 Å². The first-order valence-corrected chi connectivity index (χ1v) is 11.7. The Hall–Kier alpha value is -3.00. The number of halogens is 3. The minimum Gasteiger partial charge on any atom is -0.493 e. The average molecular weight is 518 g/mol. The normalized spacial score (nSPS) is 14.7. The van der Waals surface area contributed by atoms with Gasteiger partial charge in [-0.15, -0.1) is 0 Å². The fraction of sp³-hybridized carbons (Fsp3) is 0.120. The highest BCUT2D eigenvalue weighted by Crippen LogP contribution is 2.36. The molecule has 5 nitrogen and oxygen atoms in total. The Morgan fingerprint density at radius 3 is 2.56 bits per heavy atom. The third-order valence-corrected chi connectivity index (χ3v) is 6.52. The summed E-state index contributed by atoms with van der Waals surface area (Å²) in [7, 11) is 1.51. The van der Waals surface area contributed by atoms with E-state index in [2.05, 4.69) is 0 Å². The molecule has 0 radical (unpaired) electrons. The molecule has 3 aromatic carbocycles. The van der Waals surface area contributed by atoms with Gasteiger partial charge in [0.05, 0.1) is 18.6 Å². The van der Waals surface area contributed by atoms with Crippen molar-refractivity contribution in [2.24, 2.45) is 0 Å². The molecule has 0 atom stereocenters. The van der Waals surface area contributed by atoms with E-state index < -0.39 is 17.0 Å². The van der Waals surface area contributed by atoms with Crippen molar-refractivity contribution >= 4 is 52.2 Å². The Labute approximate surface area is 210 Å². The van der Waals surface area contributed by atoms with E-state index in [1.165, 1.54) is 25.3 Å². The number of nitrogens with zero attached hydrogens (tertiary/aromatic N) is 1. The maximum atomic E-state index is 14.1. The Kier molecular flexibility index (Phi) is 7.46. The molecule has 0 aromatic heterocycles. The van der Waals surface area contributed by atoms with Crippen molar-refractivity contribution < 1.29 is 23.5 Å². The molecule has 0 unspecified atom stereocenters. The van der Waals surface area contributed by atoms with Crippen LogP contribution in [0.2, 0.25) is 10.0 Å². The van der Waals surface area contributed by atoms with Crippen LogP contribution in [0.25, 0.3) is 6.08 Å². The first kappa shape index (κ1) is 24.1. The molecule has 9 heteroatoms. The van der Waals surface area contributed by atoms with Crippen LogP contribution >= 0.6 is 35.0 Å². The van der Waals surface area contributed by atoms with Gasteiger partial charge in [-0.25, -0.2) is 4.39 Å². The molecule has 1 fully saturated rings. The maximum absolute atomic E-state index is 14.1. The van der Waals surface area contributed by atoms with Crippen molar-refractivity contribution in [3.63, 3.8) is 0 Å². The number of carbonyl (C=O) groups excluding carboxylic acids is 2. The highest BCUT2D eigenvalue weighted by atomic mass is 35.5. The lowest BCUT2D eigenvalue weighted by Crippen LogP contribution is -2.28. The van der Waals surface area contributed by atoms with Crippen molar-refractivity contribution in [3.05, 3.63) is 98.1 Å². The van der Waals surface area contributed by atoms with E-state index >= 15 is 0 Å². The number of rotatable bonds is 7. The second-order valence-electron chi connectivity index (χ2n) is 7.30. The number of imide groups is 1. The van der Waals surface area contributed by atoms with Crippen LogP contribution in [0.3, 0.4) is 0 Å². The van der Waals surface area contributed by atoms with Gasteiger partial charge in [-0.2, -0.15) is 0 Å². The fourth-order valence-corrected chi connectivity index (χ4v) is 4.58. The Bertz CT molecular complexity index is 1280. The largest absolute Gasteiger partial charge is 0.493 e. The second-order valence-corrected chi connectivity index (χ2v) is 9.13. The molecule has 0 bridgehead atoms. The molecule has 2 amide bonds. The van der Waals surface area contributed by atoms with E-state index in [9.17, 15) is 14.0 Å². The summed E-state index contributed by atoms with van der Waals surface area (Å²) in [6.07, 6.45) is 1.58. The van der Waals surface area contributed by atoms with Crippen molar-refractivity contribution in [1.82, 2.24) is 4.90 Å². The Morgan fingerprint density at radius 2 is 1.82 bits per heavy atom. The van der Waals surface area contributed by atoms with Gasteiger partial charge in [0.1, 0.15) is 12.4 Å². The zero-order valence-corrected chi connectivity index (χ0v) is 20.2. The number of amides is 2. The highest BCUT2D eigenvalue weighted by molar-refractivity contribution is 8.18. The predicted molar refractivity (Wildman–Crippen MR) is 132 cm³/mol. The minimum absolute atomic E-state index is 0.0931. The average Bonchev–Trinajstić information content (AvgIpc) is 3.07. The van der Waals surface area contributed by atoms with E-state index in [4.69, 9.17) is 32.7 Å². The summed E-state index contributed by atoms with van der Waals surface area (Å²) >= 11 is 12.8. The monoisotopic (exact) mass is 517 g/mol. The summed E-state index contributed by atoms with van der Waals surface area (Å²) in [6.45, 7) is 0.0564. The van der Waals surface area contributed by atoms with E-state index in [0.29, 0.717) is 28.7 Å². The van der Waals surface area contributed by atoms with Crippen LogP contribution in [0, 0.1) is 5.82 Å². The van der Waals surface area contributed by atoms with Gasteiger partial charge in [-0.05, 0) is 65.4 Å². The molecular formula is C25H18Cl2FNO4S. The summed E-state index contributed by atoms with van der Waals surface area (Å²) in [4.78, 5) is 26.5. The number of hydrogen-bond acceptors (Lipinski definition) is 5. The van der Waals surface area contributed by atoms with Crippen molar-refractivity contribution in [1.29, 1.82) is 0 Å². The van der Waals surface area contributed by atoms with Gasteiger partial charge in [-0.3, -0.25) is 14.5 Å². The Morgan fingerprint density at radius 1 is 1.03 bits per heavy atom. The molecule has 1 aliphatic heterocycles. The van der Waals surface area contributed by atoms with E-state index in [1.807, 2.05) is 18.2 Å². The SMILES string of the molecule is COc1cc(/C=C2\SC(=O)N(Cc3c(F)cccc3Cl)C2=O)ccc1OCc1cccc(Cl)c1. The first-order chi connectivity index (χ1) is 16.4. The van der Waals surface area contributed by atoms with Gasteiger partial charge in [0.15, 0.2) is 11.5 Å². The highest BCUT2D eigenvalue weighted by Gasteiger charge is 2.36. The molecule has 1 aliphatic rings. The first-order valence-electron chi connectivity index (χ1n) is 10.1. The summed E-state index contributed by atoms with van der Waals surface area (Å²) in [6, 6.07) is 16.7. The van der Waals surface area contributed by atoms with Gasteiger partial charge < -0.3 is 9.47 Å². The van der Waals surface area contributed by atoms with Gasteiger partial charge in [0.25, 0.3) is 11.1 Å². The molecule has 1 heterocycles. The van der Waals surface area contributed by atoms with Crippen molar-refractivity contribution in [3.8, 4) is 11.5 Å². The van der Waals surface area contributed by atoms with Gasteiger partial charge in [-0.1, -0.05) is 47.5 Å². The predicted octanol–water partition coefficient (Wildman–Crippen LogP) is 6.96. The lowest BCUT2D eigenvalue weighted by molar-refractivity contribution is -0.123. The minimum atomic E-state index is -0.575. The van der Waals surface area contributed by atoms with Crippen LogP contribution in [0.1, 0.15) is 16.7 Å². The second kappa shape index (κ2) is 10.5. The van der Waals surface area contributed by atoms with Crippen molar-refractivity contribution in [2.45, 2.75) is 13.2 Å². The van der Waals surface area contributed by atoms with E-state index in [0.717, 1.165) is 22.2 Å². The summed E-state index contributed by atoms with van der Waals surface area (Å²) in [5.41, 5.74) is 1.64. The summed E-state index contributed by atoms with van der Waals surface area (Å²) in [5, 5.41) is 0.278. The van der Waals surface area contributed by atoms with Crippen LogP contribution in [0.5, 0.6) is 11.5 Å². The molecule has 1 saturated heterocycles. The molecule has 0 spiro atoms. The molecule has 34 heavy (non-hydrogen) atoms. The molecule has 0 saturated carbocycles. The number of ether oxygens (including phenoxy) is 2. The van der Waals surface area contributed by atoms with Crippen LogP contribution in [-0.2, 0) is 17.9 Å². The van der Waals surface area contributed by atoms with Crippen LogP contribution in [0.4, 0.5) is 9.18 Å². The third kappa shape index (κ3) is 5.38. The van der Waals surface area contributed by atoms with Gasteiger partial charge >= 0.3 is 0 Å². The van der Waals surface area contributed by atoms with Gasteiger partial charge in [0.2, 0.25) is 0 Å². The topological polar surface area (TPSA) is 55.8 Å². The molecule has 174 valence electrons. The molecule has 0 aliphatic carbocycles. The van der Waals surface area contributed by atoms with E-state index in [-0.39, 0.29) is 22.0 Å². The number of hydrogen-bond donors (Lipinski definition) is 0. The number of methoxy groups -OCH3 is 1. The summed E-state index contributed by atoms with van der Waals surface area (Å²) in [5.74, 6) is -0.113. The number of carbonyl (C=O) groups is 2. The molecule has 3 aromatic rings. The van der Waals surface area contributed by atoms with E-state index in [1.54, 1.807) is 30.3 Å². The number of thioether (sulfide) groups is 1. The summed E-state index contributed by atoms with van der Waals surface area (Å²) < 4.78 is 25.4. The molecule has 0 N–H and O–H groups in total. The van der Waals surface area contributed by atoms with Crippen LogP contribution < -0.4 is 9.47 Å². The lowest BCUT2D eigenvalue weighted by atomic mass is 10.1. The quantitative estimate of drug-likeness (QED) is 0.317. The zero-order valence-electron chi connectivity index (χ0n) is 17.9. The molecular weight excluding hydrogens is 500 g/mol. The zero-order chi connectivity index (χ0) is 24.2. The third-order valence-electron chi connectivity index (χ3n) is 5.02. The standard InChI is InChI=1S/C25H18Cl2FNO4S/c1-32-22-11-15(8-9-21(22)33-14-16-4-2-5-17(26)10-16)12-23-24(30)29(25(31)34-23)13-18-19(27)6-3-7-20(18)28/h2-12H,13-14H2,1H3/b23-12-.